The summed E-state index contributed by atoms with van der Waals surface area (Å²) in [6.07, 6.45) is 1.81. The summed E-state index contributed by atoms with van der Waals surface area (Å²) >= 11 is 0. The van der Waals surface area contributed by atoms with Gasteiger partial charge in [-0.1, -0.05) is 12.1 Å². The molecule has 0 saturated heterocycles. The number of aromatic nitrogens is 5. The first-order valence-electron chi connectivity index (χ1n) is 13.3. The lowest BCUT2D eigenvalue weighted by Gasteiger charge is -2.23. The highest BCUT2D eigenvalue weighted by Crippen LogP contribution is 2.67. The molecule has 1 amide bonds. The zero-order chi connectivity index (χ0) is 28.5. The van der Waals surface area contributed by atoms with Crippen LogP contribution < -0.4 is 10.6 Å². The van der Waals surface area contributed by atoms with Gasteiger partial charge in [0.2, 0.25) is 11.7 Å². The van der Waals surface area contributed by atoms with Crippen LogP contribution >= 0.6 is 0 Å². The molecule has 4 unspecified atom stereocenters. The van der Waals surface area contributed by atoms with Crippen LogP contribution in [0.2, 0.25) is 0 Å². The molecule has 0 radical (unpaired) electrons. The lowest BCUT2D eigenvalue weighted by atomic mass is 9.98. The highest BCUT2D eigenvalue weighted by atomic mass is 19.2. The topological polar surface area (TPSA) is 138 Å². The van der Waals surface area contributed by atoms with E-state index in [1.807, 2.05) is 6.07 Å². The molecular formula is C29H25F2N7O3. The zero-order valence-electron chi connectivity index (χ0n) is 21.8. The molecule has 1 aromatic carbocycles. The van der Waals surface area contributed by atoms with Crippen molar-refractivity contribution in [1.82, 2.24) is 29.8 Å². The van der Waals surface area contributed by atoms with Crippen molar-refractivity contribution < 1.29 is 23.8 Å². The fourth-order valence-electron chi connectivity index (χ4n) is 6.28. The van der Waals surface area contributed by atoms with Crippen LogP contribution in [-0.4, -0.2) is 65.9 Å². The van der Waals surface area contributed by atoms with E-state index in [0.717, 1.165) is 6.07 Å². The number of benzene rings is 1. The molecule has 7 atom stereocenters. The molecule has 41 heavy (non-hydrogen) atoms. The lowest BCUT2D eigenvalue weighted by Crippen LogP contribution is -2.41. The Hall–Kier alpha value is -4.47. The van der Waals surface area contributed by atoms with E-state index in [4.69, 9.17) is 0 Å². The molecule has 3 saturated carbocycles. The molecule has 3 aliphatic carbocycles. The zero-order valence-corrected chi connectivity index (χ0v) is 21.8. The van der Waals surface area contributed by atoms with E-state index in [2.05, 4.69) is 42.4 Å². The van der Waals surface area contributed by atoms with E-state index in [1.165, 1.54) is 19.4 Å². The van der Waals surface area contributed by atoms with Crippen molar-refractivity contribution in [2.24, 2.45) is 11.3 Å². The van der Waals surface area contributed by atoms with Crippen molar-refractivity contribution >= 4 is 22.9 Å². The maximum atomic E-state index is 13.8. The van der Waals surface area contributed by atoms with Gasteiger partial charge in [0.25, 0.3) is 0 Å². The first-order valence-corrected chi connectivity index (χ1v) is 13.3. The molecule has 0 aliphatic heterocycles. The third-order valence-corrected chi connectivity index (χ3v) is 8.52. The highest BCUT2D eigenvalue weighted by molar-refractivity contribution is 5.88. The first-order chi connectivity index (χ1) is 19.8. The number of pyridine rings is 1. The quantitative estimate of drug-likeness (QED) is 0.273. The predicted molar refractivity (Wildman–Crippen MR) is 142 cm³/mol. The van der Waals surface area contributed by atoms with Gasteiger partial charge in [0.1, 0.15) is 11.8 Å². The Morgan fingerprint density at radius 3 is 2.73 bits per heavy atom. The van der Waals surface area contributed by atoms with Crippen molar-refractivity contribution in [3.63, 3.8) is 0 Å². The van der Waals surface area contributed by atoms with E-state index < -0.39 is 35.3 Å². The number of nitrogens with one attached hydrogen (secondary N) is 2. The number of aliphatic hydroxyl groups is 2. The SMILES string of the molecule is CNC(=O)[C@]12CC1[C@@H](n1cnc3c(NC4CC4c4ccc(F)c(F)c4)nc(C#Cc4ccccn4)nc31)C(O)[C@@H]2O. The van der Waals surface area contributed by atoms with E-state index in [0.29, 0.717) is 41.1 Å². The van der Waals surface area contributed by atoms with Gasteiger partial charge in [-0.3, -0.25) is 4.79 Å². The standard InChI is InChI=1S/C29H25F2N7O3/c1-32-28(41)29-12-17(29)23(24(39)25(29)40)38-13-34-22-26(35-20-11-16(20)14-5-7-18(30)19(31)10-14)36-21(37-27(22)38)8-6-15-4-2-3-9-33-15/h2-5,7,9-10,13,16-17,20,23-25,39-40H,11-12H2,1H3,(H,32,41)(H,35,36,37)/t16?,17?,20?,23-,24?,25+,29-/m1/s1. The number of fused-ring (bicyclic) bond motifs is 2. The normalized spacial score (nSPS) is 29.4. The van der Waals surface area contributed by atoms with Gasteiger partial charge >= 0.3 is 0 Å². The van der Waals surface area contributed by atoms with Gasteiger partial charge in [-0.15, -0.1) is 0 Å². The molecular weight excluding hydrogens is 532 g/mol. The monoisotopic (exact) mass is 557 g/mol. The number of nitrogens with zero attached hydrogens (tertiary/aromatic N) is 5. The maximum Gasteiger partial charge on any atom is 0.229 e. The van der Waals surface area contributed by atoms with Gasteiger partial charge in [0, 0.05) is 31.1 Å². The Morgan fingerprint density at radius 1 is 1.12 bits per heavy atom. The van der Waals surface area contributed by atoms with Crippen LogP contribution in [0.4, 0.5) is 14.6 Å². The van der Waals surface area contributed by atoms with Gasteiger partial charge in [-0.2, -0.15) is 0 Å². The summed E-state index contributed by atoms with van der Waals surface area (Å²) in [6.45, 7) is 0. The first kappa shape index (κ1) is 25.5. The Balaban J connectivity index is 1.26. The van der Waals surface area contributed by atoms with Crippen molar-refractivity contribution in [2.45, 2.75) is 43.1 Å². The third kappa shape index (κ3) is 4.03. The van der Waals surface area contributed by atoms with E-state index >= 15 is 0 Å². The molecule has 3 heterocycles. The maximum absolute atomic E-state index is 13.8. The minimum Gasteiger partial charge on any atom is -0.389 e. The summed E-state index contributed by atoms with van der Waals surface area (Å²) in [5.74, 6) is 4.02. The Kier molecular flexibility index (Phi) is 5.78. The van der Waals surface area contributed by atoms with Crippen LogP contribution in [0.15, 0.2) is 48.9 Å². The highest BCUT2D eigenvalue weighted by Gasteiger charge is 2.75. The van der Waals surface area contributed by atoms with Gasteiger partial charge in [0.15, 0.2) is 28.6 Å². The lowest BCUT2D eigenvalue weighted by molar-refractivity contribution is -0.132. The molecule has 4 aromatic rings. The van der Waals surface area contributed by atoms with Crippen LogP contribution in [-0.2, 0) is 4.79 Å². The largest absolute Gasteiger partial charge is 0.389 e. The summed E-state index contributed by atoms with van der Waals surface area (Å²) in [5.41, 5.74) is 0.951. The van der Waals surface area contributed by atoms with Crippen molar-refractivity contribution in [2.75, 3.05) is 12.4 Å². The van der Waals surface area contributed by atoms with Gasteiger partial charge in [-0.25, -0.2) is 28.7 Å². The Morgan fingerprint density at radius 2 is 1.98 bits per heavy atom. The average Bonchev–Trinajstić information content (AvgIpc) is 3.86. The van der Waals surface area contributed by atoms with Crippen molar-refractivity contribution in [3.05, 3.63) is 77.6 Å². The predicted octanol–water partition coefficient (Wildman–Crippen LogP) is 1.90. The number of aliphatic hydroxyl groups excluding tert-OH is 2. The molecule has 12 heteroatoms. The van der Waals surface area contributed by atoms with Crippen LogP contribution in [0.1, 0.15) is 41.9 Å². The van der Waals surface area contributed by atoms with Crippen molar-refractivity contribution in [3.8, 4) is 11.8 Å². The number of halogens is 2. The number of hydrogen-bond donors (Lipinski definition) is 4. The fourth-order valence-corrected chi connectivity index (χ4v) is 6.28. The number of anilines is 1. The summed E-state index contributed by atoms with van der Waals surface area (Å²) in [5, 5.41) is 27.8. The summed E-state index contributed by atoms with van der Waals surface area (Å²) in [4.78, 5) is 30.6. The minimum atomic E-state index is -1.24. The van der Waals surface area contributed by atoms with Crippen LogP contribution in [0.3, 0.4) is 0 Å². The molecule has 4 N–H and O–H groups in total. The van der Waals surface area contributed by atoms with Crippen molar-refractivity contribution in [1.29, 1.82) is 0 Å². The van der Waals surface area contributed by atoms with E-state index in [-0.39, 0.29) is 29.6 Å². The fraction of sp³-hybridized carbons (Fsp3) is 0.345. The Labute approximate surface area is 232 Å². The summed E-state index contributed by atoms with van der Waals surface area (Å²) in [6, 6.07) is 8.50. The van der Waals surface area contributed by atoms with Gasteiger partial charge in [-0.05, 0) is 54.5 Å². The summed E-state index contributed by atoms with van der Waals surface area (Å²) in [7, 11) is 1.51. The second kappa shape index (κ2) is 9.29. The molecule has 7 rings (SSSR count). The molecule has 3 fully saturated rings. The number of hydrogen-bond acceptors (Lipinski definition) is 8. The second-order valence-electron chi connectivity index (χ2n) is 10.8. The number of carbonyl (C=O) groups excluding carboxylic acids is 1. The second-order valence-corrected chi connectivity index (χ2v) is 10.8. The van der Waals surface area contributed by atoms with E-state index in [1.54, 1.807) is 29.0 Å². The molecule has 3 aromatic heterocycles. The van der Waals surface area contributed by atoms with Gasteiger partial charge < -0.3 is 25.4 Å². The number of rotatable bonds is 5. The number of imidazole rings is 1. The third-order valence-electron chi connectivity index (χ3n) is 8.52. The smallest absolute Gasteiger partial charge is 0.229 e. The van der Waals surface area contributed by atoms with Gasteiger partial charge in [0.05, 0.1) is 23.9 Å². The number of carbonyl (C=O) groups is 1. The molecule has 0 bridgehead atoms. The van der Waals surface area contributed by atoms with E-state index in [9.17, 15) is 23.8 Å². The van der Waals surface area contributed by atoms with Crippen LogP contribution in [0.5, 0.6) is 0 Å². The minimum absolute atomic E-state index is 0.0494. The van der Waals surface area contributed by atoms with Crippen LogP contribution in [0, 0.1) is 34.8 Å². The molecule has 208 valence electrons. The Bertz CT molecular complexity index is 1750. The average molecular weight is 558 g/mol. The molecule has 10 nitrogen and oxygen atoms in total. The van der Waals surface area contributed by atoms with Crippen LogP contribution in [0.25, 0.3) is 11.2 Å². The number of amides is 1. The molecule has 3 aliphatic rings. The summed E-state index contributed by atoms with van der Waals surface area (Å²) < 4.78 is 29.0. The molecule has 0 spiro atoms.